The number of hydrogen-bond donors (Lipinski definition) is 0. The summed E-state index contributed by atoms with van der Waals surface area (Å²) in [6, 6.07) is 4.92. The normalized spacial score (nSPS) is 14.0. The SMILES string of the molecule is COc1ccc(Cl)cc1C(=O)CCC(=O)N1CCc2c(cnn2C(C)(C)C)C1. The van der Waals surface area contributed by atoms with Crippen molar-refractivity contribution < 1.29 is 14.3 Å². The van der Waals surface area contributed by atoms with Crippen LogP contribution in [0.5, 0.6) is 5.75 Å². The molecule has 0 saturated carbocycles. The fourth-order valence-corrected chi connectivity index (χ4v) is 3.71. The van der Waals surface area contributed by atoms with Gasteiger partial charge in [0.05, 0.1) is 24.4 Å². The van der Waals surface area contributed by atoms with Crippen LogP contribution in [0.1, 0.15) is 55.2 Å². The average molecular weight is 404 g/mol. The average Bonchev–Trinajstić information content (AvgIpc) is 3.09. The van der Waals surface area contributed by atoms with E-state index in [1.807, 2.05) is 10.9 Å². The number of hydrogen-bond acceptors (Lipinski definition) is 4. The van der Waals surface area contributed by atoms with Crippen LogP contribution in [0.4, 0.5) is 0 Å². The van der Waals surface area contributed by atoms with E-state index in [2.05, 4.69) is 25.9 Å². The minimum absolute atomic E-state index is 0.0245. The molecule has 0 atom stereocenters. The van der Waals surface area contributed by atoms with E-state index in [0.717, 1.165) is 12.0 Å². The zero-order valence-corrected chi connectivity index (χ0v) is 17.5. The molecule has 1 aromatic heterocycles. The lowest BCUT2D eigenvalue weighted by Crippen LogP contribution is -2.37. The molecule has 0 saturated heterocycles. The number of Topliss-reactive ketones (excluding diaryl/α,β-unsaturated/α-hetero) is 1. The van der Waals surface area contributed by atoms with Gasteiger partial charge < -0.3 is 9.64 Å². The molecule has 0 fully saturated rings. The number of ketones is 1. The Morgan fingerprint density at radius 2 is 2.00 bits per heavy atom. The molecule has 3 rings (SSSR count). The first-order valence-corrected chi connectivity index (χ1v) is 9.79. The molecule has 6 nitrogen and oxygen atoms in total. The third-order valence-electron chi connectivity index (χ3n) is 4.95. The number of rotatable bonds is 5. The highest BCUT2D eigenvalue weighted by Gasteiger charge is 2.27. The Balaban J connectivity index is 1.63. The Morgan fingerprint density at radius 1 is 1.25 bits per heavy atom. The van der Waals surface area contributed by atoms with Crippen LogP contribution >= 0.6 is 11.6 Å². The van der Waals surface area contributed by atoms with Gasteiger partial charge in [-0.05, 0) is 39.0 Å². The van der Waals surface area contributed by atoms with E-state index in [0.29, 0.717) is 29.4 Å². The van der Waals surface area contributed by atoms with E-state index < -0.39 is 0 Å². The molecule has 1 amide bonds. The number of fused-ring (bicyclic) bond motifs is 1. The minimum Gasteiger partial charge on any atom is -0.496 e. The fraction of sp³-hybridized carbons (Fsp3) is 0.476. The molecule has 0 bridgehead atoms. The monoisotopic (exact) mass is 403 g/mol. The van der Waals surface area contributed by atoms with Crippen LogP contribution in [0, 0.1) is 0 Å². The molecule has 150 valence electrons. The first-order valence-electron chi connectivity index (χ1n) is 9.41. The molecule has 1 aliphatic heterocycles. The second-order valence-electron chi connectivity index (χ2n) is 8.03. The molecule has 1 aliphatic rings. The van der Waals surface area contributed by atoms with Gasteiger partial charge >= 0.3 is 0 Å². The van der Waals surface area contributed by atoms with Crippen molar-refractivity contribution in [1.82, 2.24) is 14.7 Å². The van der Waals surface area contributed by atoms with Crippen molar-refractivity contribution in [3.63, 3.8) is 0 Å². The van der Waals surface area contributed by atoms with Crippen LogP contribution < -0.4 is 4.74 Å². The number of carbonyl (C=O) groups is 2. The Kier molecular flexibility index (Phi) is 5.79. The predicted octanol–water partition coefficient (Wildman–Crippen LogP) is 3.85. The van der Waals surface area contributed by atoms with E-state index in [1.54, 1.807) is 23.1 Å². The van der Waals surface area contributed by atoms with E-state index in [9.17, 15) is 9.59 Å². The topological polar surface area (TPSA) is 64.4 Å². The van der Waals surface area contributed by atoms with Crippen molar-refractivity contribution in [2.24, 2.45) is 0 Å². The van der Waals surface area contributed by atoms with Gasteiger partial charge in [-0.25, -0.2) is 0 Å². The molecule has 0 unspecified atom stereocenters. The molecule has 0 radical (unpaired) electrons. The second-order valence-corrected chi connectivity index (χ2v) is 8.47. The largest absolute Gasteiger partial charge is 0.496 e. The highest BCUT2D eigenvalue weighted by atomic mass is 35.5. The van der Waals surface area contributed by atoms with E-state index in [1.165, 1.54) is 12.8 Å². The molecule has 0 N–H and O–H groups in total. The van der Waals surface area contributed by atoms with Crippen molar-refractivity contribution >= 4 is 23.3 Å². The van der Waals surface area contributed by atoms with Crippen molar-refractivity contribution in [1.29, 1.82) is 0 Å². The fourth-order valence-electron chi connectivity index (χ4n) is 3.53. The number of methoxy groups -OCH3 is 1. The summed E-state index contributed by atoms with van der Waals surface area (Å²) in [4.78, 5) is 27.0. The first kappa shape index (κ1) is 20.4. The summed E-state index contributed by atoms with van der Waals surface area (Å²) >= 11 is 5.99. The Labute approximate surface area is 170 Å². The van der Waals surface area contributed by atoms with Gasteiger partial charge in [-0.3, -0.25) is 14.3 Å². The molecule has 0 aliphatic carbocycles. The van der Waals surface area contributed by atoms with Crippen LogP contribution in [0.25, 0.3) is 0 Å². The molecule has 0 spiro atoms. The number of benzene rings is 1. The Morgan fingerprint density at radius 3 is 2.68 bits per heavy atom. The first-order chi connectivity index (χ1) is 13.2. The lowest BCUT2D eigenvalue weighted by molar-refractivity contribution is -0.132. The molecular formula is C21H26ClN3O3. The van der Waals surface area contributed by atoms with Crippen molar-refractivity contribution in [3.8, 4) is 5.75 Å². The quantitative estimate of drug-likeness (QED) is 0.711. The summed E-state index contributed by atoms with van der Waals surface area (Å²) in [5.74, 6) is 0.300. The van der Waals surface area contributed by atoms with Gasteiger partial charge in [0.2, 0.25) is 5.91 Å². The number of ether oxygens (including phenoxy) is 1. The predicted molar refractivity (Wildman–Crippen MR) is 108 cm³/mol. The Hall–Kier alpha value is -2.34. The smallest absolute Gasteiger partial charge is 0.223 e. The highest BCUT2D eigenvalue weighted by molar-refractivity contribution is 6.31. The number of carbonyl (C=O) groups excluding carboxylic acids is 2. The maximum atomic E-state index is 12.7. The summed E-state index contributed by atoms with van der Waals surface area (Å²) in [6.07, 6.45) is 2.91. The van der Waals surface area contributed by atoms with Gasteiger partial charge in [-0.1, -0.05) is 11.6 Å². The number of aromatic nitrogens is 2. The van der Waals surface area contributed by atoms with E-state index in [-0.39, 0.29) is 30.1 Å². The number of nitrogens with zero attached hydrogens (tertiary/aromatic N) is 3. The van der Waals surface area contributed by atoms with E-state index >= 15 is 0 Å². The van der Waals surface area contributed by atoms with Gasteiger partial charge in [-0.15, -0.1) is 0 Å². The van der Waals surface area contributed by atoms with Crippen molar-refractivity contribution in [2.75, 3.05) is 13.7 Å². The summed E-state index contributed by atoms with van der Waals surface area (Å²) < 4.78 is 7.27. The maximum Gasteiger partial charge on any atom is 0.223 e. The van der Waals surface area contributed by atoms with Crippen molar-refractivity contribution in [3.05, 3.63) is 46.2 Å². The lowest BCUT2D eigenvalue weighted by atomic mass is 10.0. The molecule has 7 heteroatoms. The zero-order chi connectivity index (χ0) is 20.5. The molecule has 28 heavy (non-hydrogen) atoms. The van der Waals surface area contributed by atoms with Gasteiger partial charge in [-0.2, -0.15) is 5.10 Å². The van der Waals surface area contributed by atoms with Gasteiger partial charge in [0.25, 0.3) is 0 Å². The second kappa shape index (κ2) is 7.95. The minimum atomic E-state index is -0.147. The molecule has 1 aromatic carbocycles. The van der Waals surface area contributed by atoms with Crippen LogP contribution in [0.15, 0.2) is 24.4 Å². The standard InChI is InChI=1S/C21H26ClN3O3/c1-21(2,3)25-17-9-10-24(13-14(17)12-23-25)20(27)8-6-18(26)16-11-15(22)5-7-19(16)28-4/h5,7,11-12H,6,8-10,13H2,1-4H3. The van der Waals surface area contributed by atoms with Crippen molar-refractivity contribution in [2.45, 2.75) is 52.1 Å². The maximum absolute atomic E-state index is 12.7. The van der Waals surface area contributed by atoms with Crippen LogP contribution in [-0.2, 0) is 23.3 Å². The molecule has 2 heterocycles. The highest BCUT2D eigenvalue weighted by Crippen LogP contribution is 2.26. The summed E-state index contributed by atoms with van der Waals surface area (Å²) in [7, 11) is 1.51. The molecule has 2 aromatic rings. The van der Waals surface area contributed by atoms with Crippen LogP contribution in [0.3, 0.4) is 0 Å². The third kappa shape index (κ3) is 4.22. The number of halogens is 1. The third-order valence-corrected chi connectivity index (χ3v) is 5.19. The van der Waals surface area contributed by atoms with Gasteiger partial charge in [0, 0.05) is 48.6 Å². The van der Waals surface area contributed by atoms with Crippen LogP contribution in [0.2, 0.25) is 5.02 Å². The molecular weight excluding hydrogens is 378 g/mol. The summed E-state index contributed by atoms with van der Waals surface area (Å²) in [5.41, 5.74) is 2.60. The summed E-state index contributed by atoms with van der Waals surface area (Å²) in [5, 5.41) is 4.97. The van der Waals surface area contributed by atoms with Crippen LogP contribution in [-0.4, -0.2) is 40.0 Å². The lowest BCUT2D eigenvalue weighted by Gasteiger charge is -2.30. The van der Waals surface area contributed by atoms with Gasteiger partial charge in [0.15, 0.2) is 5.78 Å². The van der Waals surface area contributed by atoms with Gasteiger partial charge in [0.1, 0.15) is 5.75 Å². The number of amides is 1. The Bertz CT molecular complexity index is 899. The zero-order valence-electron chi connectivity index (χ0n) is 16.8. The summed E-state index contributed by atoms with van der Waals surface area (Å²) in [6.45, 7) is 7.54. The van der Waals surface area contributed by atoms with E-state index in [4.69, 9.17) is 16.3 Å².